The fourth-order valence-corrected chi connectivity index (χ4v) is 3.58. The van der Waals surface area contributed by atoms with Crippen molar-refractivity contribution >= 4 is 15.9 Å². The maximum absolute atomic E-state index is 12.4. The molecule has 0 saturated carbocycles. The van der Waals surface area contributed by atoms with Gasteiger partial charge in [-0.25, -0.2) is 0 Å². The highest BCUT2D eigenvalue weighted by molar-refractivity contribution is 9.10. The van der Waals surface area contributed by atoms with Crippen molar-refractivity contribution in [3.8, 4) is 5.75 Å². The van der Waals surface area contributed by atoms with Crippen molar-refractivity contribution in [1.82, 2.24) is 14.9 Å². The standard InChI is InChI=1S/C22H22BrN3O2/c23-19-3-4-20(25-14-19)15-28-21-7-10-26(22(27)12-21)9-6-16-1-2-18-13-24-8-5-17(18)11-16/h1-4,7,10-12,14,24H,5-6,8-9,13,15H2. The van der Waals surface area contributed by atoms with Crippen molar-refractivity contribution < 1.29 is 4.74 Å². The molecule has 1 aromatic carbocycles. The quantitative estimate of drug-likeness (QED) is 0.638. The number of pyridine rings is 2. The van der Waals surface area contributed by atoms with Gasteiger partial charge in [-0.05, 0) is 70.2 Å². The lowest BCUT2D eigenvalue weighted by atomic mass is 9.97. The molecular formula is C22H22BrN3O2. The average Bonchev–Trinajstić information content (AvgIpc) is 2.72. The Morgan fingerprint density at radius 3 is 2.89 bits per heavy atom. The summed E-state index contributed by atoms with van der Waals surface area (Å²) in [5, 5.41) is 3.39. The number of hydrogen-bond acceptors (Lipinski definition) is 4. The van der Waals surface area contributed by atoms with Gasteiger partial charge in [-0.3, -0.25) is 9.78 Å². The molecular weight excluding hydrogens is 418 g/mol. The van der Waals surface area contributed by atoms with E-state index >= 15 is 0 Å². The minimum absolute atomic E-state index is 0.0524. The van der Waals surface area contributed by atoms with Gasteiger partial charge < -0.3 is 14.6 Å². The smallest absolute Gasteiger partial charge is 0.254 e. The van der Waals surface area contributed by atoms with E-state index in [0.29, 0.717) is 18.9 Å². The third kappa shape index (κ3) is 4.69. The zero-order valence-corrected chi connectivity index (χ0v) is 17.1. The molecule has 5 nitrogen and oxygen atoms in total. The maximum atomic E-state index is 12.4. The van der Waals surface area contributed by atoms with Crippen LogP contribution in [-0.2, 0) is 32.5 Å². The number of hydrogen-bond donors (Lipinski definition) is 1. The molecule has 1 N–H and O–H groups in total. The first-order chi connectivity index (χ1) is 13.7. The molecule has 0 unspecified atom stereocenters. The van der Waals surface area contributed by atoms with Gasteiger partial charge in [0.25, 0.3) is 5.56 Å². The summed E-state index contributed by atoms with van der Waals surface area (Å²) >= 11 is 3.36. The van der Waals surface area contributed by atoms with Gasteiger partial charge in [0.2, 0.25) is 0 Å². The Labute approximate surface area is 172 Å². The highest BCUT2D eigenvalue weighted by Gasteiger charge is 2.09. The fourth-order valence-electron chi connectivity index (χ4n) is 3.35. The van der Waals surface area contributed by atoms with Crippen LogP contribution in [0.25, 0.3) is 0 Å². The summed E-state index contributed by atoms with van der Waals surface area (Å²) in [5.41, 5.74) is 4.84. The highest BCUT2D eigenvalue weighted by Crippen LogP contribution is 2.17. The van der Waals surface area contributed by atoms with Crippen LogP contribution >= 0.6 is 15.9 Å². The molecule has 0 radical (unpaired) electrons. The number of nitrogens with one attached hydrogen (secondary N) is 1. The van der Waals surface area contributed by atoms with Crippen molar-refractivity contribution in [3.05, 3.63) is 92.1 Å². The molecule has 0 amide bonds. The maximum Gasteiger partial charge on any atom is 0.254 e. The lowest BCUT2D eigenvalue weighted by Crippen LogP contribution is -2.23. The van der Waals surface area contributed by atoms with Gasteiger partial charge >= 0.3 is 0 Å². The third-order valence-corrected chi connectivity index (χ3v) is 5.41. The summed E-state index contributed by atoms with van der Waals surface area (Å²) < 4.78 is 8.35. The van der Waals surface area contributed by atoms with E-state index in [2.05, 4.69) is 44.4 Å². The molecule has 0 saturated heterocycles. The van der Waals surface area contributed by atoms with Crippen molar-refractivity contribution in [2.24, 2.45) is 0 Å². The van der Waals surface area contributed by atoms with Gasteiger partial charge in [-0.15, -0.1) is 0 Å². The van der Waals surface area contributed by atoms with Gasteiger partial charge in [0.05, 0.1) is 5.69 Å². The number of aryl methyl sites for hydroxylation is 2. The molecule has 28 heavy (non-hydrogen) atoms. The van der Waals surface area contributed by atoms with E-state index in [1.807, 2.05) is 18.2 Å². The van der Waals surface area contributed by atoms with E-state index < -0.39 is 0 Å². The number of ether oxygens (including phenoxy) is 1. The van der Waals surface area contributed by atoms with Crippen molar-refractivity contribution in [1.29, 1.82) is 0 Å². The van der Waals surface area contributed by atoms with E-state index in [0.717, 1.165) is 36.1 Å². The number of halogens is 1. The largest absolute Gasteiger partial charge is 0.487 e. The van der Waals surface area contributed by atoms with Crippen LogP contribution in [0.15, 0.2) is 64.1 Å². The second kappa shape index (κ2) is 8.71. The van der Waals surface area contributed by atoms with Crippen LogP contribution < -0.4 is 15.6 Å². The third-order valence-electron chi connectivity index (χ3n) is 4.94. The second-order valence-electron chi connectivity index (χ2n) is 6.93. The van der Waals surface area contributed by atoms with Crippen LogP contribution in [0.1, 0.15) is 22.4 Å². The molecule has 0 bridgehead atoms. The van der Waals surface area contributed by atoms with E-state index in [1.54, 1.807) is 17.0 Å². The summed E-state index contributed by atoms with van der Waals surface area (Å²) in [5.74, 6) is 0.562. The Morgan fingerprint density at radius 2 is 2.07 bits per heavy atom. The number of benzene rings is 1. The molecule has 1 aliphatic rings. The molecule has 1 aliphatic heterocycles. The first-order valence-electron chi connectivity index (χ1n) is 9.42. The zero-order valence-electron chi connectivity index (χ0n) is 15.5. The minimum atomic E-state index is -0.0524. The number of fused-ring (bicyclic) bond motifs is 1. The number of nitrogens with zero attached hydrogens (tertiary/aromatic N) is 2. The second-order valence-corrected chi connectivity index (χ2v) is 7.85. The summed E-state index contributed by atoms with van der Waals surface area (Å²) in [6, 6.07) is 13.8. The molecule has 0 atom stereocenters. The predicted octanol–water partition coefficient (Wildman–Crippen LogP) is 3.47. The molecule has 6 heteroatoms. The monoisotopic (exact) mass is 439 g/mol. The van der Waals surface area contributed by atoms with E-state index in [4.69, 9.17) is 4.74 Å². The first-order valence-corrected chi connectivity index (χ1v) is 10.2. The first kappa shape index (κ1) is 18.9. The van der Waals surface area contributed by atoms with Gasteiger partial charge in [0, 0.05) is 36.0 Å². The van der Waals surface area contributed by atoms with Gasteiger partial charge in [0.15, 0.2) is 0 Å². The summed E-state index contributed by atoms with van der Waals surface area (Å²) in [6.45, 7) is 2.98. The lowest BCUT2D eigenvalue weighted by Gasteiger charge is -2.18. The molecule has 3 heterocycles. The number of aromatic nitrogens is 2. The van der Waals surface area contributed by atoms with Crippen LogP contribution in [-0.4, -0.2) is 16.1 Å². The molecule has 0 spiro atoms. The molecule has 0 aliphatic carbocycles. The normalized spacial score (nSPS) is 13.2. The Kier molecular flexibility index (Phi) is 5.88. The van der Waals surface area contributed by atoms with Gasteiger partial charge in [-0.1, -0.05) is 18.2 Å². The van der Waals surface area contributed by atoms with Crippen LogP contribution in [0, 0.1) is 0 Å². The Hall–Kier alpha value is -2.44. The molecule has 0 fully saturated rings. The predicted molar refractivity (Wildman–Crippen MR) is 113 cm³/mol. The minimum Gasteiger partial charge on any atom is -0.487 e. The molecule has 3 aromatic rings. The van der Waals surface area contributed by atoms with Crippen molar-refractivity contribution in [2.45, 2.75) is 32.5 Å². The van der Waals surface area contributed by atoms with Crippen LogP contribution in [0.3, 0.4) is 0 Å². The van der Waals surface area contributed by atoms with Crippen LogP contribution in [0.2, 0.25) is 0 Å². The van der Waals surface area contributed by atoms with Crippen molar-refractivity contribution in [2.75, 3.05) is 6.54 Å². The molecule has 4 rings (SSSR count). The van der Waals surface area contributed by atoms with Gasteiger partial charge in [0.1, 0.15) is 12.4 Å². The van der Waals surface area contributed by atoms with E-state index in [-0.39, 0.29) is 5.56 Å². The topological polar surface area (TPSA) is 56.1 Å². The summed E-state index contributed by atoms with van der Waals surface area (Å²) in [6.07, 6.45) is 5.44. The summed E-state index contributed by atoms with van der Waals surface area (Å²) in [7, 11) is 0. The zero-order chi connectivity index (χ0) is 19.3. The van der Waals surface area contributed by atoms with Crippen molar-refractivity contribution in [3.63, 3.8) is 0 Å². The SMILES string of the molecule is O=c1cc(OCc2ccc(Br)cn2)ccn1CCc1ccc2c(c1)CCNC2. The Balaban J connectivity index is 1.36. The van der Waals surface area contributed by atoms with E-state index in [9.17, 15) is 4.79 Å². The number of rotatable bonds is 6. The Morgan fingerprint density at radius 1 is 1.14 bits per heavy atom. The highest BCUT2D eigenvalue weighted by atomic mass is 79.9. The Bertz CT molecular complexity index is 1020. The average molecular weight is 440 g/mol. The summed E-state index contributed by atoms with van der Waals surface area (Å²) in [4.78, 5) is 16.7. The molecule has 2 aromatic heterocycles. The van der Waals surface area contributed by atoms with E-state index in [1.165, 1.54) is 22.8 Å². The van der Waals surface area contributed by atoms with Gasteiger partial charge in [-0.2, -0.15) is 0 Å². The lowest BCUT2D eigenvalue weighted by molar-refractivity contribution is 0.300. The van der Waals surface area contributed by atoms with Crippen LogP contribution in [0.5, 0.6) is 5.75 Å². The molecule has 144 valence electrons. The fraction of sp³-hybridized carbons (Fsp3) is 0.273. The van der Waals surface area contributed by atoms with Crippen LogP contribution in [0.4, 0.5) is 0 Å².